The molecule has 0 spiro atoms. The summed E-state index contributed by atoms with van der Waals surface area (Å²) in [6.45, 7) is 5.62. The van der Waals surface area contributed by atoms with Crippen LogP contribution in [0.2, 0.25) is 0 Å². The third-order valence-electron chi connectivity index (χ3n) is 4.84. The molecule has 5 nitrogen and oxygen atoms in total. The topological polar surface area (TPSA) is 49.3 Å². The summed E-state index contributed by atoms with van der Waals surface area (Å²) in [5.41, 5.74) is 0. The molecule has 0 radical (unpaired) electrons. The summed E-state index contributed by atoms with van der Waals surface area (Å²) < 4.78 is 0. The molecule has 3 rings (SSSR count). The first kappa shape index (κ1) is 14.3. The molecule has 1 aliphatic heterocycles. The molecule has 0 unspecified atom stereocenters. The zero-order valence-electron chi connectivity index (χ0n) is 12.7. The molecule has 1 aliphatic carbocycles. The Morgan fingerprint density at radius 2 is 1.86 bits per heavy atom. The molecule has 0 aromatic carbocycles. The van der Waals surface area contributed by atoms with Gasteiger partial charge < -0.3 is 9.80 Å². The molecule has 0 bridgehead atoms. The fourth-order valence-corrected chi connectivity index (χ4v) is 3.38. The van der Waals surface area contributed by atoms with Crippen LogP contribution < -0.4 is 4.90 Å². The van der Waals surface area contributed by atoms with E-state index in [0.717, 1.165) is 50.8 Å². The highest BCUT2D eigenvalue weighted by molar-refractivity contribution is 5.79. The number of hydrogen-bond donors (Lipinski definition) is 0. The zero-order valence-corrected chi connectivity index (χ0v) is 12.7. The lowest BCUT2D eigenvalue weighted by molar-refractivity contribution is -0.137. The molecule has 1 saturated carbocycles. The van der Waals surface area contributed by atoms with Crippen LogP contribution in [0, 0.1) is 11.8 Å². The van der Waals surface area contributed by atoms with Crippen molar-refractivity contribution in [1.29, 1.82) is 0 Å². The zero-order chi connectivity index (χ0) is 14.7. The first-order valence-electron chi connectivity index (χ1n) is 8.05. The number of hydrogen-bond acceptors (Lipinski definition) is 4. The van der Waals surface area contributed by atoms with E-state index >= 15 is 0 Å². The van der Waals surface area contributed by atoms with Gasteiger partial charge in [0, 0.05) is 38.3 Å². The highest BCUT2D eigenvalue weighted by Crippen LogP contribution is 2.29. The lowest BCUT2D eigenvalue weighted by Gasteiger charge is -2.37. The van der Waals surface area contributed by atoms with Gasteiger partial charge in [-0.1, -0.05) is 6.92 Å². The molecule has 0 N–H and O–H groups in total. The third-order valence-corrected chi connectivity index (χ3v) is 4.84. The van der Waals surface area contributed by atoms with Gasteiger partial charge >= 0.3 is 0 Å². The minimum Gasteiger partial charge on any atom is -0.352 e. The summed E-state index contributed by atoms with van der Waals surface area (Å²) in [5, 5.41) is 8.07. The van der Waals surface area contributed by atoms with Crippen LogP contribution in [0.1, 0.15) is 32.6 Å². The summed E-state index contributed by atoms with van der Waals surface area (Å²) in [4.78, 5) is 16.8. The smallest absolute Gasteiger partial charge is 0.225 e. The molecule has 1 aromatic rings. The maximum absolute atomic E-state index is 12.6. The molecule has 2 heterocycles. The second-order valence-corrected chi connectivity index (χ2v) is 6.35. The molecule has 0 atom stereocenters. The van der Waals surface area contributed by atoms with Crippen LogP contribution >= 0.6 is 0 Å². The number of rotatable bonds is 2. The van der Waals surface area contributed by atoms with Crippen molar-refractivity contribution in [2.75, 3.05) is 31.1 Å². The second-order valence-electron chi connectivity index (χ2n) is 6.35. The van der Waals surface area contributed by atoms with Gasteiger partial charge in [0.2, 0.25) is 5.91 Å². The standard InChI is InChI=1S/C16H24N4O/c1-13-4-6-14(7-5-13)16(21)20-11-9-19(10-12-20)15-3-2-8-17-18-15/h2-3,8,13-14H,4-7,9-12H2,1H3. The number of nitrogens with zero attached hydrogens (tertiary/aromatic N) is 4. The van der Waals surface area contributed by atoms with E-state index in [9.17, 15) is 4.79 Å². The van der Waals surface area contributed by atoms with Crippen LogP contribution in [-0.4, -0.2) is 47.2 Å². The summed E-state index contributed by atoms with van der Waals surface area (Å²) in [5.74, 6) is 2.35. The molecule has 2 fully saturated rings. The van der Waals surface area contributed by atoms with Crippen molar-refractivity contribution < 1.29 is 4.79 Å². The van der Waals surface area contributed by atoms with Crippen LogP contribution in [0.15, 0.2) is 18.3 Å². The van der Waals surface area contributed by atoms with Crippen molar-refractivity contribution in [3.63, 3.8) is 0 Å². The van der Waals surface area contributed by atoms with Gasteiger partial charge in [0.25, 0.3) is 0 Å². The molecular formula is C16H24N4O. The van der Waals surface area contributed by atoms with Crippen molar-refractivity contribution in [3.05, 3.63) is 18.3 Å². The lowest BCUT2D eigenvalue weighted by atomic mass is 9.82. The number of piperazine rings is 1. The maximum atomic E-state index is 12.6. The van der Waals surface area contributed by atoms with Gasteiger partial charge in [-0.2, -0.15) is 5.10 Å². The Hall–Kier alpha value is -1.65. The van der Waals surface area contributed by atoms with Crippen LogP contribution in [0.3, 0.4) is 0 Å². The Balaban J connectivity index is 1.52. The summed E-state index contributed by atoms with van der Waals surface area (Å²) >= 11 is 0. The van der Waals surface area contributed by atoms with Gasteiger partial charge in [0.15, 0.2) is 5.82 Å². The van der Waals surface area contributed by atoms with Crippen molar-refractivity contribution >= 4 is 11.7 Å². The summed E-state index contributed by atoms with van der Waals surface area (Å²) in [6.07, 6.45) is 6.24. The largest absolute Gasteiger partial charge is 0.352 e. The Labute approximate surface area is 126 Å². The lowest BCUT2D eigenvalue weighted by Crippen LogP contribution is -2.51. The van der Waals surface area contributed by atoms with Gasteiger partial charge in [-0.25, -0.2) is 0 Å². The van der Waals surface area contributed by atoms with E-state index in [1.807, 2.05) is 17.0 Å². The van der Waals surface area contributed by atoms with Crippen LogP contribution in [0.25, 0.3) is 0 Å². The molecule has 114 valence electrons. The van der Waals surface area contributed by atoms with Crippen molar-refractivity contribution in [2.24, 2.45) is 11.8 Å². The predicted octanol–water partition coefficient (Wildman–Crippen LogP) is 1.95. The average molecular weight is 288 g/mol. The van der Waals surface area contributed by atoms with Gasteiger partial charge in [-0.05, 0) is 43.7 Å². The molecule has 2 aliphatic rings. The number of amides is 1. The van der Waals surface area contributed by atoms with Gasteiger partial charge in [-0.15, -0.1) is 5.10 Å². The monoisotopic (exact) mass is 288 g/mol. The molecule has 1 saturated heterocycles. The van der Waals surface area contributed by atoms with Crippen LogP contribution in [0.4, 0.5) is 5.82 Å². The number of anilines is 1. The molecule has 5 heteroatoms. The summed E-state index contributed by atoms with van der Waals surface area (Å²) in [6, 6.07) is 3.88. The van der Waals surface area contributed by atoms with Crippen molar-refractivity contribution in [3.8, 4) is 0 Å². The molecular weight excluding hydrogens is 264 g/mol. The Morgan fingerprint density at radius 3 is 2.48 bits per heavy atom. The number of carbonyl (C=O) groups is 1. The summed E-state index contributed by atoms with van der Waals surface area (Å²) in [7, 11) is 0. The number of carbonyl (C=O) groups excluding carboxylic acids is 1. The quantitative estimate of drug-likeness (QED) is 0.834. The van der Waals surface area contributed by atoms with Crippen LogP contribution in [0.5, 0.6) is 0 Å². The van der Waals surface area contributed by atoms with E-state index in [1.54, 1.807) is 6.20 Å². The molecule has 1 amide bonds. The third kappa shape index (κ3) is 3.34. The Kier molecular flexibility index (Phi) is 4.36. The second kappa shape index (κ2) is 6.41. The Morgan fingerprint density at radius 1 is 1.14 bits per heavy atom. The van der Waals surface area contributed by atoms with E-state index in [0.29, 0.717) is 5.91 Å². The fourth-order valence-electron chi connectivity index (χ4n) is 3.38. The highest BCUT2D eigenvalue weighted by Gasteiger charge is 2.30. The highest BCUT2D eigenvalue weighted by atomic mass is 16.2. The van der Waals surface area contributed by atoms with E-state index in [4.69, 9.17) is 0 Å². The predicted molar refractivity (Wildman–Crippen MR) is 81.9 cm³/mol. The number of aromatic nitrogens is 2. The van der Waals surface area contributed by atoms with Crippen molar-refractivity contribution in [1.82, 2.24) is 15.1 Å². The molecule has 21 heavy (non-hydrogen) atoms. The molecule has 1 aromatic heterocycles. The van der Waals surface area contributed by atoms with Crippen LogP contribution in [-0.2, 0) is 4.79 Å². The van der Waals surface area contributed by atoms with E-state index in [-0.39, 0.29) is 5.92 Å². The van der Waals surface area contributed by atoms with Gasteiger partial charge in [0.1, 0.15) is 0 Å². The van der Waals surface area contributed by atoms with Crippen molar-refractivity contribution in [2.45, 2.75) is 32.6 Å². The minimum absolute atomic E-state index is 0.268. The SMILES string of the molecule is CC1CCC(C(=O)N2CCN(c3cccnn3)CC2)CC1. The normalized spacial score (nSPS) is 26.7. The average Bonchev–Trinajstić information content (AvgIpc) is 2.56. The first-order valence-corrected chi connectivity index (χ1v) is 8.05. The van der Waals surface area contributed by atoms with Gasteiger partial charge in [0.05, 0.1) is 0 Å². The van der Waals surface area contributed by atoms with E-state index in [2.05, 4.69) is 22.0 Å². The minimum atomic E-state index is 0.268. The van der Waals surface area contributed by atoms with Gasteiger partial charge in [-0.3, -0.25) is 4.79 Å². The van der Waals surface area contributed by atoms with E-state index < -0.39 is 0 Å². The first-order chi connectivity index (χ1) is 10.2. The van der Waals surface area contributed by atoms with E-state index in [1.165, 1.54) is 12.8 Å². The fraction of sp³-hybridized carbons (Fsp3) is 0.688. The maximum Gasteiger partial charge on any atom is 0.225 e. The Bertz CT molecular complexity index is 462.